The van der Waals surface area contributed by atoms with Crippen LogP contribution in [0.5, 0.6) is 0 Å². The average Bonchev–Trinajstić information content (AvgIpc) is 3.22. The largest absolute Gasteiger partial charge is 0.381 e. The maximum Gasteiger partial charge on any atom is 0.267 e. The number of aryl methyl sites for hydroxylation is 2. The number of aromatic nitrogens is 2. The molecule has 3 fully saturated rings. The van der Waals surface area contributed by atoms with Gasteiger partial charge in [0.1, 0.15) is 0 Å². The number of ether oxygens (including phenoxy) is 1. The molecule has 1 atom stereocenters. The van der Waals surface area contributed by atoms with Crippen molar-refractivity contribution in [1.82, 2.24) is 19.6 Å². The van der Waals surface area contributed by atoms with Gasteiger partial charge in [0.25, 0.3) is 5.56 Å². The lowest BCUT2D eigenvalue weighted by atomic mass is 9.95. The van der Waals surface area contributed by atoms with Crippen LogP contribution in [0.25, 0.3) is 0 Å². The van der Waals surface area contributed by atoms with Crippen LogP contribution in [-0.2, 0) is 33.7 Å². The second-order valence-electron chi connectivity index (χ2n) is 9.90. The van der Waals surface area contributed by atoms with Crippen molar-refractivity contribution in [2.75, 3.05) is 32.8 Å². The Morgan fingerprint density at radius 3 is 2.59 bits per heavy atom. The number of rotatable bonds is 4. The molecule has 8 heteroatoms. The zero-order chi connectivity index (χ0) is 22.1. The molecule has 0 N–H and O–H groups in total. The number of nitrogens with zero attached hydrogens (tertiary/aromatic N) is 4. The number of hydrogen-bond acceptors (Lipinski definition) is 5. The minimum Gasteiger partial charge on any atom is -0.381 e. The standard InChI is InChI=1S/C24H34N4O4/c29-22-14-19(16-27(22)20-7-11-32-12-8-20)24(31)26-9-5-17(6-10-26)15-28-23(30)13-18-3-1-2-4-21(18)25-28/h13,17,19-20H,1-12,14-16H2. The van der Waals surface area contributed by atoms with E-state index in [1.807, 2.05) is 9.80 Å². The quantitative estimate of drug-likeness (QED) is 0.704. The van der Waals surface area contributed by atoms with Gasteiger partial charge in [-0.05, 0) is 62.8 Å². The summed E-state index contributed by atoms with van der Waals surface area (Å²) in [6.07, 6.45) is 8.05. The van der Waals surface area contributed by atoms with Gasteiger partial charge < -0.3 is 14.5 Å². The van der Waals surface area contributed by atoms with Crippen LogP contribution in [0, 0.1) is 11.8 Å². The van der Waals surface area contributed by atoms with Gasteiger partial charge in [0, 0.05) is 57.9 Å². The highest BCUT2D eigenvalue weighted by Crippen LogP contribution is 2.28. The Kier molecular flexibility index (Phi) is 6.31. The summed E-state index contributed by atoms with van der Waals surface area (Å²) >= 11 is 0. The Morgan fingerprint density at radius 1 is 1.06 bits per heavy atom. The van der Waals surface area contributed by atoms with Crippen molar-refractivity contribution < 1.29 is 14.3 Å². The van der Waals surface area contributed by atoms with Crippen LogP contribution >= 0.6 is 0 Å². The number of carbonyl (C=O) groups is 2. The molecule has 4 heterocycles. The van der Waals surface area contributed by atoms with E-state index in [-0.39, 0.29) is 29.3 Å². The van der Waals surface area contributed by atoms with E-state index >= 15 is 0 Å². The Labute approximate surface area is 188 Å². The lowest BCUT2D eigenvalue weighted by Gasteiger charge is -2.34. The topological polar surface area (TPSA) is 84.7 Å². The molecule has 3 saturated heterocycles. The molecule has 0 spiro atoms. The summed E-state index contributed by atoms with van der Waals surface area (Å²) in [6.45, 7) is 3.98. The van der Waals surface area contributed by atoms with E-state index in [1.54, 1.807) is 10.7 Å². The first-order valence-corrected chi connectivity index (χ1v) is 12.3. The minimum absolute atomic E-state index is 0.00169. The van der Waals surface area contributed by atoms with Gasteiger partial charge in [-0.1, -0.05) is 0 Å². The Balaban J connectivity index is 1.14. The molecule has 4 aliphatic rings. The lowest BCUT2D eigenvalue weighted by Crippen LogP contribution is -2.44. The molecule has 2 amide bonds. The molecule has 0 radical (unpaired) electrons. The van der Waals surface area contributed by atoms with Crippen LogP contribution in [0.2, 0.25) is 0 Å². The van der Waals surface area contributed by atoms with Crippen molar-refractivity contribution in [3.63, 3.8) is 0 Å². The van der Waals surface area contributed by atoms with Crippen LogP contribution in [0.1, 0.15) is 56.2 Å². The first-order valence-electron chi connectivity index (χ1n) is 12.3. The third-order valence-electron chi connectivity index (χ3n) is 7.77. The van der Waals surface area contributed by atoms with E-state index < -0.39 is 0 Å². The minimum atomic E-state index is -0.216. The molecule has 5 rings (SSSR count). The number of hydrogen-bond donors (Lipinski definition) is 0. The third kappa shape index (κ3) is 4.47. The summed E-state index contributed by atoms with van der Waals surface area (Å²) in [5, 5.41) is 4.66. The first kappa shape index (κ1) is 21.6. The monoisotopic (exact) mass is 442 g/mol. The molecule has 32 heavy (non-hydrogen) atoms. The van der Waals surface area contributed by atoms with Gasteiger partial charge in [-0.25, -0.2) is 4.68 Å². The molecule has 174 valence electrons. The third-order valence-corrected chi connectivity index (χ3v) is 7.77. The van der Waals surface area contributed by atoms with Crippen molar-refractivity contribution in [2.24, 2.45) is 11.8 Å². The molecule has 0 aromatic carbocycles. The van der Waals surface area contributed by atoms with Gasteiger partial charge in [0.05, 0.1) is 11.6 Å². The molecule has 1 aromatic heterocycles. The molecule has 1 aromatic rings. The molecule has 0 saturated carbocycles. The predicted molar refractivity (Wildman–Crippen MR) is 118 cm³/mol. The van der Waals surface area contributed by atoms with E-state index in [9.17, 15) is 14.4 Å². The van der Waals surface area contributed by atoms with E-state index in [0.717, 1.165) is 62.6 Å². The van der Waals surface area contributed by atoms with Crippen LogP contribution < -0.4 is 5.56 Å². The second-order valence-corrected chi connectivity index (χ2v) is 9.90. The van der Waals surface area contributed by atoms with Crippen LogP contribution in [-0.4, -0.2) is 70.3 Å². The maximum absolute atomic E-state index is 13.1. The highest BCUT2D eigenvalue weighted by molar-refractivity contribution is 5.89. The number of carbonyl (C=O) groups excluding carboxylic acids is 2. The van der Waals surface area contributed by atoms with Gasteiger partial charge in [-0.3, -0.25) is 14.4 Å². The van der Waals surface area contributed by atoms with Crippen LogP contribution in [0.15, 0.2) is 10.9 Å². The van der Waals surface area contributed by atoms with Crippen molar-refractivity contribution in [2.45, 2.75) is 70.4 Å². The van der Waals surface area contributed by atoms with Crippen molar-refractivity contribution in [1.29, 1.82) is 0 Å². The fraction of sp³-hybridized carbons (Fsp3) is 0.750. The average molecular weight is 443 g/mol. The Morgan fingerprint density at radius 2 is 1.81 bits per heavy atom. The van der Waals surface area contributed by atoms with E-state index in [0.29, 0.717) is 51.7 Å². The summed E-state index contributed by atoms with van der Waals surface area (Å²) in [4.78, 5) is 42.0. The summed E-state index contributed by atoms with van der Waals surface area (Å²) in [5.74, 6) is 0.375. The Bertz CT molecular complexity index is 915. The van der Waals surface area contributed by atoms with Gasteiger partial charge in [-0.15, -0.1) is 0 Å². The predicted octanol–water partition coefficient (Wildman–Crippen LogP) is 1.39. The van der Waals surface area contributed by atoms with Crippen LogP contribution in [0.3, 0.4) is 0 Å². The SMILES string of the molecule is O=C(C1CC(=O)N(C2CCOCC2)C1)N1CCC(Cn2nc3c(cc2=O)CCCC3)CC1. The summed E-state index contributed by atoms with van der Waals surface area (Å²) in [7, 11) is 0. The van der Waals surface area contributed by atoms with E-state index in [2.05, 4.69) is 5.10 Å². The summed E-state index contributed by atoms with van der Waals surface area (Å²) in [5.41, 5.74) is 2.21. The number of likely N-dealkylation sites (tertiary alicyclic amines) is 2. The van der Waals surface area contributed by atoms with Gasteiger partial charge in [-0.2, -0.15) is 5.10 Å². The smallest absolute Gasteiger partial charge is 0.267 e. The molecule has 8 nitrogen and oxygen atoms in total. The molecular formula is C24H34N4O4. The van der Waals surface area contributed by atoms with Gasteiger partial charge >= 0.3 is 0 Å². The number of amides is 2. The van der Waals surface area contributed by atoms with Crippen molar-refractivity contribution in [3.8, 4) is 0 Å². The lowest BCUT2D eigenvalue weighted by molar-refractivity contribution is -0.137. The van der Waals surface area contributed by atoms with Gasteiger partial charge in [0.15, 0.2) is 0 Å². The number of fused-ring (bicyclic) bond motifs is 1. The van der Waals surface area contributed by atoms with Crippen molar-refractivity contribution >= 4 is 11.8 Å². The van der Waals surface area contributed by atoms with Gasteiger partial charge in [0.2, 0.25) is 11.8 Å². The summed E-state index contributed by atoms with van der Waals surface area (Å²) in [6, 6.07) is 2.00. The molecular weight excluding hydrogens is 408 g/mol. The zero-order valence-electron chi connectivity index (χ0n) is 18.8. The fourth-order valence-corrected chi connectivity index (χ4v) is 5.82. The highest BCUT2D eigenvalue weighted by atomic mass is 16.5. The fourth-order valence-electron chi connectivity index (χ4n) is 5.82. The molecule has 0 bridgehead atoms. The normalized spacial score (nSPS) is 25.2. The van der Waals surface area contributed by atoms with E-state index in [4.69, 9.17) is 4.74 Å². The van der Waals surface area contributed by atoms with Crippen LogP contribution in [0.4, 0.5) is 0 Å². The maximum atomic E-state index is 13.1. The molecule has 3 aliphatic heterocycles. The number of piperidine rings is 1. The Hall–Kier alpha value is -2.22. The van der Waals surface area contributed by atoms with E-state index in [1.165, 1.54) is 0 Å². The first-order chi connectivity index (χ1) is 15.6. The highest BCUT2D eigenvalue weighted by Gasteiger charge is 2.40. The molecule has 1 aliphatic carbocycles. The molecule has 1 unspecified atom stereocenters. The summed E-state index contributed by atoms with van der Waals surface area (Å²) < 4.78 is 7.06. The second kappa shape index (κ2) is 9.33. The zero-order valence-corrected chi connectivity index (χ0v) is 18.8. The van der Waals surface area contributed by atoms with Crippen molar-refractivity contribution in [3.05, 3.63) is 27.7 Å².